The molecular weight excluding hydrogens is 374 g/mol. The maximum atomic E-state index is 12.1. The largest absolute Gasteiger partial charge is 0.494 e. The number of hydrogen-bond acceptors (Lipinski definition) is 4. The van der Waals surface area contributed by atoms with Gasteiger partial charge in [0.25, 0.3) is 11.8 Å². The van der Waals surface area contributed by atoms with Crippen LogP contribution in [0.25, 0.3) is 0 Å². The zero-order valence-electron chi connectivity index (χ0n) is 14.0. The standard InChI is InChI=1S/C18H18ClN3O3S/c1-2-11-25-15-9-5-12(6-10-15)16(23)20-18(26)22-21-17(24)13-3-7-14(19)8-4-13/h3-10H,2,11H2,1H3,(H,21,24)(H2,20,22,23,26). The number of thiocarbonyl (C=S) groups is 1. The summed E-state index contributed by atoms with van der Waals surface area (Å²) >= 11 is 10.8. The van der Waals surface area contributed by atoms with E-state index in [1.165, 1.54) is 0 Å². The molecule has 0 spiro atoms. The first kappa shape index (κ1) is 19.7. The van der Waals surface area contributed by atoms with E-state index in [4.69, 9.17) is 28.6 Å². The van der Waals surface area contributed by atoms with Gasteiger partial charge in [0.1, 0.15) is 5.75 Å². The molecule has 0 bridgehead atoms. The number of amides is 2. The van der Waals surface area contributed by atoms with E-state index in [9.17, 15) is 9.59 Å². The summed E-state index contributed by atoms with van der Waals surface area (Å²) in [6, 6.07) is 13.0. The molecule has 0 heterocycles. The summed E-state index contributed by atoms with van der Waals surface area (Å²) in [6.07, 6.45) is 0.907. The van der Waals surface area contributed by atoms with Gasteiger partial charge in [0.15, 0.2) is 5.11 Å². The lowest BCUT2D eigenvalue weighted by atomic mass is 10.2. The third-order valence-corrected chi connectivity index (χ3v) is 3.67. The van der Waals surface area contributed by atoms with Gasteiger partial charge in [0.2, 0.25) is 0 Å². The van der Waals surface area contributed by atoms with Crippen molar-refractivity contribution in [1.29, 1.82) is 0 Å². The van der Waals surface area contributed by atoms with Crippen molar-refractivity contribution in [3.63, 3.8) is 0 Å². The van der Waals surface area contributed by atoms with Crippen LogP contribution in [0.15, 0.2) is 48.5 Å². The van der Waals surface area contributed by atoms with E-state index in [0.717, 1.165) is 6.42 Å². The molecule has 3 N–H and O–H groups in total. The molecule has 26 heavy (non-hydrogen) atoms. The lowest BCUT2D eigenvalue weighted by molar-refractivity contribution is 0.0934. The summed E-state index contributed by atoms with van der Waals surface area (Å²) in [6.45, 7) is 2.63. The Balaban J connectivity index is 1.82. The van der Waals surface area contributed by atoms with Crippen molar-refractivity contribution in [3.05, 3.63) is 64.7 Å². The molecule has 0 aromatic heterocycles. The van der Waals surface area contributed by atoms with Gasteiger partial charge in [0, 0.05) is 16.1 Å². The van der Waals surface area contributed by atoms with Crippen molar-refractivity contribution >= 4 is 40.7 Å². The molecule has 0 unspecified atom stereocenters. The quantitative estimate of drug-likeness (QED) is 0.539. The van der Waals surface area contributed by atoms with Crippen LogP contribution in [0, 0.1) is 0 Å². The summed E-state index contributed by atoms with van der Waals surface area (Å²) in [5.74, 6) is -0.111. The minimum absolute atomic E-state index is 0.0244. The van der Waals surface area contributed by atoms with Gasteiger partial charge in [-0.05, 0) is 67.2 Å². The van der Waals surface area contributed by atoms with Crippen LogP contribution in [0.3, 0.4) is 0 Å². The molecule has 2 amide bonds. The molecular formula is C18H18ClN3O3S. The Hall–Kier alpha value is -2.64. The van der Waals surface area contributed by atoms with Crippen LogP contribution >= 0.6 is 23.8 Å². The molecule has 0 radical (unpaired) electrons. The van der Waals surface area contributed by atoms with Gasteiger partial charge in [-0.1, -0.05) is 18.5 Å². The van der Waals surface area contributed by atoms with Crippen molar-refractivity contribution in [3.8, 4) is 5.75 Å². The molecule has 136 valence electrons. The first-order valence-corrected chi connectivity index (χ1v) is 8.68. The lowest BCUT2D eigenvalue weighted by Crippen LogP contribution is -2.48. The minimum Gasteiger partial charge on any atom is -0.494 e. The predicted octanol–water partition coefficient (Wildman–Crippen LogP) is 3.08. The van der Waals surface area contributed by atoms with Gasteiger partial charge in [-0.3, -0.25) is 25.8 Å². The van der Waals surface area contributed by atoms with Gasteiger partial charge >= 0.3 is 0 Å². The van der Waals surface area contributed by atoms with E-state index >= 15 is 0 Å². The Bertz CT molecular complexity index is 779. The number of hydrogen-bond donors (Lipinski definition) is 3. The van der Waals surface area contributed by atoms with Gasteiger partial charge in [-0.25, -0.2) is 0 Å². The Kier molecular flexibility index (Phi) is 7.37. The van der Waals surface area contributed by atoms with E-state index in [1.54, 1.807) is 48.5 Å². The molecule has 2 aromatic carbocycles. The average molecular weight is 392 g/mol. The van der Waals surface area contributed by atoms with Crippen molar-refractivity contribution in [2.24, 2.45) is 0 Å². The van der Waals surface area contributed by atoms with Crippen LogP contribution in [0.4, 0.5) is 0 Å². The van der Waals surface area contributed by atoms with Crippen molar-refractivity contribution in [2.45, 2.75) is 13.3 Å². The van der Waals surface area contributed by atoms with Crippen molar-refractivity contribution in [1.82, 2.24) is 16.2 Å². The van der Waals surface area contributed by atoms with Crippen LogP contribution in [0.2, 0.25) is 5.02 Å². The van der Waals surface area contributed by atoms with Gasteiger partial charge in [0.05, 0.1) is 6.61 Å². The third-order valence-electron chi connectivity index (χ3n) is 3.21. The van der Waals surface area contributed by atoms with Gasteiger partial charge in [-0.2, -0.15) is 0 Å². The highest BCUT2D eigenvalue weighted by molar-refractivity contribution is 7.80. The zero-order chi connectivity index (χ0) is 18.9. The monoisotopic (exact) mass is 391 g/mol. The molecule has 2 rings (SSSR count). The molecule has 8 heteroatoms. The minimum atomic E-state index is -0.407. The second kappa shape index (κ2) is 9.74. The molecule has 0 fully saturated rings. The van der Waals surface area contributed by atoms with Gasteiger partial charge < -0.3 is 4.74 Å². The summed E-state index contributed by atoms with van der Waals surface area (Å²) in [7, 11) is 0. The summed E-state index contributed by atoms with van der Waals surface area (Å²) in [5, 5.41) is 2.99. The number of carbonyl (C=O) groups is 2. The van der Waals surface area contributed by atoms with Crippen LogP contribution in [-0.2, 0) is 0 Å². The second-order valence-electron chi connectivity index (χ2n) is 5.24. The van der Waals surface area contributed by atoms with Crippen LogP contribution in [0.1, 0.15) is 34.1 Å². The number of halogens is 1. The summed E-state index contributed by atoms with van der Waals surface area (Å²) in [4.78, 5) is 24.1. The van der Waals surface area contributed by atoms with Crippen LogP contribution < -0.4 is 20.9 Å². The number of hydrazine groups is 1. The maximum absolute atomic E-state index is 12.1. The molecule has 0 aliphatic carbocycles. The second-order valence-corrected chi connectivity index (χ2v) is 6.09. The number of carbonyl (C=O) groups excluding carboxylic acids is 2. The Morgan fingerprint density at radius 2 is 1.54 bits per heavy atom. The first-order valence-electron chi connectivity index (χ1n) is 7.89. The summed E-state index contributed by atoms with van der Waals surface area (Å²) in [5.41, 5.74) is 5.70. The highest BCUT2D eigenvalue weighted by Crippen LogP contribution is 2.12. The first-order chi connectivity index (χ1) is 12.5. The van der Waals surface area contributed by atoms with Gasteiger partial charge in [-0.15, -0.1) is 0 Å². The molecule has 0 aliphatic heterocycles. The maximum Gasteiger partial charge on any atom is 0.269 e. The van der Waals surface area contributed by atoms with Crippen LogP contribution in [-0.4, -0.2) is 23.5 Å². The Labute approximate surface area is 161 Å². The van der Waals surface area contributed by atoms with E-state index in [1.807, 2.05) is 6.92 Å². The lowest BCUT2D eigenvalue weighted by Gasteiger charge is -2.11. The summed E-state index contributed by atoms with van der Waals surface area (Å²) < 4.78 is 5.46. The average Bonchev–Trinajstić information content (AvgIpc) is 2.65. The molecule has 0 saturated carbocycles. The molecule has 0 saturated heterocycles. The highest BCUT2D eigenvalue weighted by atomic mass is 35.5. The fourth-order valence-electron chi connectivity index (χ4n) is 1.92. The molecule has 0 aliphatic rings. The van der Waals surface area contributed by atoms with Crippen LogP contribution in [0.5, 0.6) is 5.75 Å². The number of rotatable bonds is 5. The normalized spacial score (nSPS) is 9.92. The van der Waals surface area contributed by atoms with E-state index in [2.05, 4.69) is 16.2 Å². The Morgan fingerprint density at radius 1 is 0.962 bits per heavy atom. The topological polar surface area (TPSA) is 79.5 Å². The van der Waals surface area contributed by atoms with Crippen molar-refractivity contribution < 1.29 is 14.3 Å². The fourth-order valence-corrected chi connectivity index (χ4v) is 2.19. The molecule has 6 nitrogen and oxygen atoms in total. The number of nitrogens with one attached hydrogen (secondary N) is 3. The SMILES string of the molecule is CCCOc1ccc(C(=O)NC(=S)NNC(=O)c2ccc(Cl)cc2)cc1. The smallest absolute Gasteiger partial charge is 0.269 e. The third kappa shape index (κ3) is 6.02. The highest BCUT2D eigenvalue weighted by Gasteiger charge is 2.10. The fraction of sp³-hybridized carbons (Fsp3) is 0.167. The van der Waals surface area contributed by atoms with E-state index in [0.29, 0.717) is 28.5 Å². The zero-order valence-corrected chi connectivity index (χ0v) is 15.6. The Morgan fingerprint density at radius 3 is 2.15 bits per heavy atom. The molecule has 0 atom stereocenters. The van der Waals surface area contributed by atoms with Crippen molar-refractivity contribution in [2.75, 3.05) is 6.61 Å². The van der Waals surface area contributed by atoms with E-state index in [-0.39, 0.29) is 5.11 Å². The molecule has 2 aromatic rings. The van der Waals surface area contributed by atoms with E-state index < -0.39 is 11.8 Å². The predicted molar refractivity (Wildman–Crippen MR) is 104 cm³/mol. The number of benzene rings is 2. The number of ether oxygens (including phenoxy) is 1.